The number of pyridine rings is 1. The molecule has 0 aliphatic rings. The Morgan fingerprint density at radius 3 is 2.54 bits per heavy atom. The topological polar surface area (TPSA) is 80.3 Å². The molecule has 3 aromatic rings. The van der Waals surface area contributed by atoms with Crippen molar-refractivity contribution in [3.8, 4) is 0 Å². The van der Waals surface area contributed by atoms with E-state index in [9.17, 15) is 9.59 Å². The van der Waals surface area contributed by atoms with Crippen LogP contribution in [0.3, 0.4) is 0 Å². The van der Waals surface area contributed by atoms with Gasteiger partial charge in [-0.3, -0.25) is 4.79 Å². The molecule has 0 fully saturated rings. The number of anilines is 3. The Kier molecular flexibility index (Phi) is 6.01. The van der Waals surface area contributed by atoms with Crippen LogP contribution in [-0.4, -0.2) is 24.0 Å². The van der Waals surface area contributed by atoms with Crippen LogP contribution in [0.25, 0.3) is 0 Å². The minimum atomic E-state index is -0.395. The number of aromatic nitrogens is 1. The van der Waals surface area contributed by atoms with E-state index >= 15 is 0 Å². The van der Waals surface area contributed by atoms with Gasteiger partial charge in [-0.15, -0.1) is 0 Å². The fourth-order valence-electron chi connectivity index (χ4n) is 2.72. The number of hydrogen-bond donors (Lipinski definition) is 2. The number of esters is 1. The van der Waals surface area contributed by atoms with E-state index in [0.717, 1.165) is 22.5 Å². The Bertz CT molecular complexity index is 984. The molecule has 3 rings (SSSR count). The maximum absolute atomic E-state index is 12.2. The molecule has 0 saturated carbocycles. The Balaban J connectivity index is 1.61. The predicted molar refractivity (Wildman–Crippen MR) is 109 cm³/mol. The molecule has 142 valence electrons. The average molecular weight is 375 g/mol. The van der Waals surface area contributed by atoms with Crippen LogP contribution >= 0.6 is 0 Å². The van der Waals surface area contributed by atoms with E-state index in [1.807, 2.05) is 37.3 Å². The van der Waals surface area contributed by atoms with Crippen molar-refractivity contribution in [1.29, 1.82) is 0 Å². The van der Waals surface area contributed by atoms with Gasteiger partial charge in [-0.05, 0) is 48.4 Å². The van der Waals surface area contributed by atoms with Crippen molar-refractivity contribution in [2.45, 2.75) is 13.3 Å². The highest BCUT2D eigenvalue weighted by Gasteiger charge is 2.08. The molecule has 0 spiro atoms. The Morgan fingerprint density at radius 1 is 1.00 bits per heavy atom. The summed E-state index contributed by atoms with van der Waals surface area (Å²) in [5.41, 5.74) is 4.00. The van der Waals surface area contributed by atoms with Crippen LogP contribution in [0.15, 0.2) is 66.9 Å². The van der Waals surface area contributed by atoms with Crippen molar-refractivity contribution in [2.24, 2.45) is 0 Å². The normalized spacial score (nSPS) is 10.2. The summed E-state index contributed by atoms with van der Waals surface area (Å²) in [5, 5.41) is 5.97. The van der Waals surface area contributed by atoms with E-state index in [4.69, 9.17) is 4.74 Å². The van der Waals surface area contributed by atoms with Crippen LogP contribution < -0.4 is 10.6 Å². The minimum absolute atomic E-state index is 0.117. The van der Waals surface area contributed by atoms with Crippen LogP contribution in [0.1, 0.15) is 21.5 Å². The molecule has 0 unspecified atom stereocenters. The second kappa shape index (κ2) is 8.81. The van der Waals surface area contributed by atoms with Crippen molar-refractivity contribution in [3.63, 3.8) is 0 Å². The van der Waals surface area contributed by atoms with E-state index in [1.165, 1.54) is 7.11 Å². The van der Waals surface area contributed by atoms with Crippen LogP contribution in [0.5, 0.6) is 0 Å². The predicted octanol–water partition coefficient (Wildman–Crippen LogP) is 4.10. The van der Waals surface area contributed by atoms with E-state index in [2.05, 4.69) is 15.6 Å². The molecule has 0 atom stereocenters. The number of amides is 1. The monoisotopic (exact) mass is 375 g/mol. The van der Waals surface area contributed by atoms with Gasteiger partial charge in [0.2, 0.25) is 5.91 Å². The molecule has 0 aliphatic carbocycles. The van der Waals surface area contributed by atoms with Crippen molar-refractivity contribution in [1.82, 2.24) is 4.98 Å². The molecule has 6 heteroatoms. The summed E-state index contributed by atoms with van der Waals surface area (Å²) in [7, 11) is 1.35. The number of benzene rings is 2. The van der Waals surface area contributed by atoms with Gasteiger partial charge in [-0.25, -0.2) is 9.78 Å². The maximum atomic E-state index is 12.2. The number of aryl methyl sites for hydroxylation is 1. The summed E-state index contributed by atoms with van der Waals surface area (Å²) in [6.45, 7) is 1.98. The number of rotatable bonds is 6. The van der Waals surface area contributed by atoms with Crippen LogP contribution in [-0.2, 0) is 16.0 Å². The van der Waals surface area contributed by atoms with Crippen molar-refractivity contribution < 1.29 is 14.3 Å². The molecule has 0 bridgehead atoms. The Labute approximate surface area is 163 Å². The lowest BCUT2D eigenvalue weighted by atomic mass is 10.1. The molecule has 0 radical (unpaired) electrons. The molecule has 1 heterocycles. The van der Waals surface area contributed by atoms with Gasteiger partial charge in [0.1, 0.15) is 5.82 Å². The second-order valence-corrected chi connectivity index (χ2v) is 6.28. The van der Waals surface area contributed by atoms with Gasteiger partial charge >= 0.3 is 5.97 Å². The molecule has 1 aromatic heterocycles. The third kappa shape index (κ3) is 4.94. The number of carbonyl (C=O) groups is 2. The minimum Gasteiger partial charge on any atom is -0.465 e. The largest absolute Gasteiger partial charge is 0.465 e. The van der Waals surface area contributed by atoms with Crippen molar-refractivity contribution in [2.75, 3.05) is 17.7 Å². The first-order valence-electron chi connectivity index (χ1n) is 8.81. The second-order valence-electron chi connectivity index (χ2n) is 6.28. The zero-order chi connectivity index (χ0) is 19.9. The lowest BCUT2D eigenvalue weighted by Crippen LogP contribution is -2.15. The van der Waals surface area contributed by atoms with Crippen LogP contribution in [0.2, 0.25) is 0 Å². The van der Waals surface area contributed by atoms with Gasteiger partial charge in [0.15, 0.2) is 0 Å². The number of carbonyl (C=O) groups excluding carboxylic acids is 2. The zero-order valence-electron chi connectivity index (χ0n) is 15.7. The summed E-state index contributed by atoms with van der Waals surface area (Å²) < 4.78 is 4.72. The summed E-state index contributed by atoms with van der Waals surface area (Å²) in [4.78, 5) is 28.1. The van der Waals surface area contributed by atoms with Gasteiger partial charge in [0.05, 0.1) is 31.0 Å². The first-order chi connectivity index (χ1) is 13.5. The highest BCUT2D eigenvalue weighted by atomic mass is 16.5. The van der Waals surface area contributed by atoms with E-state index in [0.29, 0.717) is 17.8 Å². The van der Waals surface area contributed by atoms with Gasteiger partial charge in [-0.2, -0.15) is 0 Å². The summed E-state index contributed by atoms with van der Waals surface area (Å²) >= 11 is 0. The number of ether oxygens (including phenoxy) is 1. The SMILES string of the molecule is COC(=O)c1cccc(Nc2ccc(NC(=O)Cc3ccccc3C)nc2)c1. The summed E-state index contributed by atoms with van der Waals surface area (Å²) in [6.07, 6.45) is 1.92. The van der Waals surface area contributed by atoms with Gasteiger partial charge in [0.25, 0.3) is 0 Å². The number of hydrogen-bond acceptors (Lipinski definition) is 5. The molecule has 6 nitrogen and oxygen atoms in total. The summed E-state index contributed by atoms with van der Waals surface area (Å²) in [5.74, 6) is -0.0331. The molecule has 0 aliphatic heterocycles. The quantitative estimate of drug-likeness (QED) is 0.634. The molecule has 28 heavy (non-hydrogen) atoms. The number of nitrogens with zero attached hydrogens (tertiary/aromatic N) is 1. The van der Waals surface area contributed by atoms with Crippen LogP contribution in [0, 0.1) is 6.92 Å². The Morgan fingerprint density at radius 2 is 1.82 bits per heavy atom. The highest BCUT2D eigenvalue weighted by molar-refractivity contribution is 5.92. The maximum Gasteiger partial charge on any atom is 0.337 e. The van der Waals surface area contributed by atoms with E-state index < -0.39 is 5.97 Å². The smallest absolute Gasteiger partial charge is 0.337 e. The molecule has 0 saturated heterocycles. The average Bonchev–Trinajstić information content (AvgIpc) is 2.71. The number of methoxy groups -OCH3 is 1. The molecule has 1 amide bonds. The lowest BCUT2D eigenvalue weighted by Gasteiger charge is -2.09. The highest BCUT2D eigenvalue weighted by Crippen LogP contribution is 2.19. The Hall–Kier alpha value is -3.67. The lowest BCUT2D eigenvalue weighted by molar-refractivity contribution is -0.115. The molecule has 2 N–H and O–H groups in total. The standard InChI is InChI=1S/C22H21N3O3/c1-15-6-3-4-7-16(15)13-21(26)25-20-11-10-19(14-23-20)24-18-9-5-8-17(12-18)22(27)28-2/h3-12,14,24H,13H2,1-2H3,(H,23,25,26). The number of nitrogens with one attached hydrogen (secondary N) is 2. The fraction of sp³-hybridized carbons (Fsp3) is 0.136. The fourth-order valence-corrected chi connectivity index (χ4v) is 2.72. The van der Waals surface area contributed by atoms with Crippen molar-refractivity contribution in [3.05, 3.63) is 83.6 Å². The molecular formula is C22H21N3O3. The van der Waals surface area contributed by atoms with Crippen molar-refractivity contribution >= 4 is 29.1 Å². The first-order valence-corrected chi connectivity index (χ1v) is 8.81. The van der Waals surface area contributed by atoms with Gasteiger partial charge < -0.3 is 15.4 Å². The van der Waals surface area contributed by atoms with E-state index in [1.54, 1.807) is 36.5 Å². The molecular weight excluding hydrogens is 354 g/mol. The third-order valence-electron chi connectivity index (χ3n) is 4.22. The summed E-state index contributed by atoms with van der Waals surface area (Å²) in [6, 6.07) is 18.3. The van der Waals surface area contributed by atoms with Gasteiger partial charge in [0, 0.05) is 5.69 Å². The molecule has 2 aromatic carbocycles. The van der Waals surface area contributed by atoms with Crippen LogP contribution in [0.4, 0.5) is 17.2 Å². The zero-order valence-corrected chi connectivity index (χ0v) is 15.7. The first kappa shape index (κ1) is 19.1. The third-order valence-corrected chi connectivity index (χ3v) is 4.22. The van der Waals surface area contributed by atoms with Gasteiger partial charge in [-0.1, -0.05) is 30.3 Å². The van der Waals surface area contributed by atoms with E-state index in [-0.39, 0.29) is 5.91 Å².